The third-order valence-electron chi connectivity index (χ3n) is 3.97. The summed E-state index contributed by atoms with van der Waals surface area (Å²) in [6.45, 7) is 3.20. The van der Waals surface area contributed by atoms with E-state index in [0.717, 1.165) is 11.1 Å². The maximum atomic E-state index is 12.9. The van der Waals surface area contributed by atoms with Gasteiger partial charge in [0, 0.05) is 12.5 Å². The molecule has 5 nitrogen and oxygen atoms in total. The van der Waals surface area contributed by atoms with E-state index in [0.29, 0.717) is 17.1 Å². The van der Waals surface area contributed by atoms with Crippen LogP contribution in [0.4, 0.5) is 0 Å². The van der Waals surface area contributed by atoms with Crippen LogP contribution in [0.5, 0.6) is 11.5 Å². The molecule has 0 radical (unpaired) electrons. The fraction of sp³-hybridized carbons (Fsp3) is 0.300. The zero-order valence-electron chi connectivity index (χ0n) is 15.1. The van der Waals surface area contributed by atoms with Crippen LogP contribution in [-0.2, 0) is 9.53 Å². The third kappa shape index (κ3) is 4.64. The number of carbonyl (C=O) groups excluding carboxylic acids is 2. The van der Waals surface area contributed by atoms with Crippen molar-refractivity contribution in [2.45, 2.75) is 24.8 Å². The first-order valence-electron chi connectivity index (χ1n) is 8.01. The molecule has 6 heteroatoms. The van der Waals surface area contributed by atoms with Gasteiger partial charge in [-0.25, -0.2) is 0 Å². The van der Waals surface area contributed by atoms with Crippen molar-refractivity contribution in [3.63, 3.8) is 0 Å². The minimum absolute atomic E-state index is 0.186. The molecule has 2 unspecified atom stereocenters. The molecule has 0 amide bonds. The van der Waals surface area contributed by atoms with Gasteiger partial charge in [-0.05, 0) is 54.4 Å². The number of ketones is 1. The molecular formula is C20H21BrO5. The fourth-order valence-corrected chi connectivity index (χ4v) is 3.26. The summed E-state index contributed by atoms with van der Waals surface area (Å²) in [6, 6.07) is 12.2. The number of ether oxygens (including phenoxy) is 3. The fourth-order valence-electron chi connectivity index (χ4n) is 2.61. The van der Waals surface area contributed by atoms with Gasteiger partial charge in [0.1, 0.15) is 22.4 Å². The molecule has 0 saturated heterocycles. The summed E-state index contributed by atoms with van der Waals surface area (Å²) in [5, 5.41) is 0. The number of hydrogen-bond acceptors (Lipinski definition) is 5. The van der Waals surface area contributed by atoms with Gasteiger partial charge >= 0.3 is 5.97 Å². The van der Waals surface area contributed by atoms with Crippen LogP contribution in [-0.4, -0.2) is 30.8 Å². The average molecular weight is 421 g/mol. The Hall–Kier alpha value is -2.34. The molecule has 2 atom stereocenters. The average Bonchev–Trinajstić information content (AvgIpc) is 2.65. The smallest absolute Gasteiger partial charge is 0.303 e. The van der Waals surface area contributed by atoms with Gasteiger partial charge in [0.2, 0.25) is 0 Å². The standard InChI is InChI=1S/C20H21BrO5/c1-12-11-16(25-4)9-10-17(12)20(26-13(2)22)18(21)19(23)14-5-7-15(24-3)8-6-14/h5-11,18,20H,1-4H3. The second kappa shape index (κ2) is 8.85. The monoisotopic (exact) mass is 420 g/mol. The van der Waals surface area contributed by atoms with Crippen molar-refractivity contribution in [1.82, 2.24) is 0 Å². The maximum absolute atomic E-state index is 12.9. The lowest BCUT2D eigenvalue weighted by Gasteiger charge is -2.24. The van der Waals surface area contributed by atoms with Crippen LogP contribution in [0.3, 0.4) is 0 Å². The number of halogens is 1. The molecule has 2 aromatic rings. The highest BCUT2D eigenvalue weighted by molar-refractivity contribution is 9.10. The van der Waals surface area contributed by atoms with Gasteiger partial charge in [-0.3, -0.25) is 9.59 Å². The lowest BCUT2D eigenvalue weighted by atomic mass is 9.96. The molecule has 0 spiro atoms. The van der Waals surface area contributed by atoms with Crippen LogP contribution in [0.25, 0.3) is 0 Å². The first kappa shape index (κ1) is 20.0. The van der Waals surface area contributed by atoms with Gasteiger partial charge in [-0.15, -0.1) is 0 Å². The van der Waals surface area contributed by atoms with Crippen molar-refractivity contribution in [2.75, 3.05) is 14.2 Å². The van der Waals surface area contributed by atoms with Crippen molar-refractivity contribution in [2.24, 2.45) is 0 Å². The molecule has 0 saturated carbocycles. The lowest BCUT2D eigenvalue weighted by molar-refractivity contribution is -0.146. The Morgan fingerprint density at radius 1 is 0.962 bits per heavy atom. The Balaban J connectivity index is 2.35. The summed E-state index contributed by atoms with van der Waals surface area (Å²) in [6.07, 6.45) is -0.756. The van der Waals surface area contributed by atoms with Gasteiger partial charge in [-0.1, -0.05) is 22.0 Å². The topological polar surface area (TPSA) is 61.8 Å². The van der Waals surface area contributed by atoms with E-state index < -0.39 is 16.9 Å². The lowest BCUT2D eigenvalue weighted by Crippen LogP contribution is -2.27. The predicted molar refractivity (Wildman–Crippen MR) is 102 cm³/mol. The first-order chi connectivity index (χ1) is 12.4. The molecule has 26 heavy (non-hydrogen) atoms. The molecule has 2 aromatic carbocycles. The van der Waals surface area contributed by atoms with Crippen LogP contribution in [0.2, 0.25) is 0 Å². The molecular weight excluding hydrogens is 400 g/mol. The molecule has 0 bridgehead atoms. The van der Waals surface area contributed by atoms with Crippen LogP contribution in [0, 0.1) is 6.92 Å². The van der Waals surface area contributed by atoms with Gasteiger partial charge in [0.25, 0.3) is 0 Å². The summed E-state index contributed by atoms with van der Waals surface area (Å²) in [7, 11) is 3.14. The van der Waals surface area contributed by atoms with Crippen LogP contribution < -0.4 is 9.47 Å². The quantitative estimate of drug-likeness (QED) is 0.380. The van der Waals surface area contributed by atoms with E-state index in [-0.39, 0.29) is 5.78 Å². The third-order valence-corrected chi connectivity index (χ3v) is 4.86. The minimum Gasteiger partial charge on any atom is -0.497 e. The van der Waals surface area contributed by atoms with E-state index in [9.17, 15) is 9.59 Å². The Labute approximate surface area is 161 Å². The second-order valence-corrected chi connectivity index (χ2v) is 6.73. The molecule has 0 N–H and O–H groups in total. The van der Waals surface area contributed by atoms with E-state index in [1.807, 2.05) is 13.0 Å². The number of aryl methyl sites for hydroxylation is 1. The zero-order valence-corrected chi connectivity index (χ0v) is 16.7. The first-order valence-corrected chi connectivity index (χ1v) is 8.93. The minimum atomic E-state index is -0.756. The number of hydrogen-bond donors (Lipinski definition) is 0. The predicted octanol–water partition coefficient (Wildman–Crippen LogP) is 4.26. The van der Waals surface area contributed by atoms with E-state index >= 15 is 0 Å². The molecule has 138 valence electrons. The summed E-state index contributed by atoms with van der Waals surface area (Å²) in [4.78, 5) is 23.8. The van der Waals surface area contributed by atoms with E-state index in [2.05, 4.69) is 15.9 Å². The molecule has 0 aliphatic rings. The highest BCUT2D eigenvalue weighted by Crippen LogP contribution is 2.33. The highest BCUT2D eigenvalue weighted by Gasteiger charge is 2.31. The highest BCUT2D eigenvalue weighted by atomic mass is 79.9. The largest absolute Gasteiger partial charge is 0.497 e. The molecule has 0 aliphatic heterocycles. The van der Waals surface area contributed by atoms with Gasteiger partial charge in [0.15, 0.2) is 5.78 Å². The number of benzene rings is 2. The summed E-state index contributed by atoms with van der Waals surface area (Å²) >= 11 is 3.43. The molecule has 0 aromatic heterocycles. The second-order valence-electron chi connectivity index (χ2n) is 5.75. The van der Waals surface area contributed by atoms with E-state index in [1.54, 1.807) is 50.6 Å². The Kier molecular flexibility index (Phi) is 6.80. The van der Waals surface area contributed by atoms with Crippen LogP contribution >= 0.6 is 15.9 Å². The normalized spacial score (nSPS) is 12.8. The van der Waals surface area contributed by atoms with Crippen molar-refractivity contribution >= 4 is 27.7 Å². The van der Waals surface area contributed by atoms with Gasteiger partial charge in [-0.2, -0.15) is 0 Å². The van der Waals surface area contributed by atoms with Crippen molar-refractivity contribution in [3.05, 3.63) is 59.2 Å². The number of alkyl halides is 1. The van der Waals surface area contributed by atoms with Crippen molar-refractivity contribution in [1.29, 1.82) is 0 Å². The van der Waals surface area contributed by atoms with Gasteiger partial charge in [0.05, 0.1) is 14.2 Å². The number of esters is 1. The molecule has 0 fully saturated rings. The number of rotatable bonds is 7. The SMILES string of the molecule is COc1ccc(C(=O)C(Br)C(OC(C)=O)c2ccc(OC)cc2C)cc1. The number of carbonyl (C=O) groups is 2. The Morgan fingerprint density at radius 2 is 1.54 bits per heavy atom. The summed E-state index contributed by atoms with van der Waals surface area (Å²) in [5.41, 5.74) is 2.10. The van der Waals surface area contributed by atoms with Crippen LogP contribution in [0.15, 0.2) is 42.5 Å². The van der Waals surface area contributed by atoms with Crippen molar-refractivity contribution in [3.8, 4) is 11.5 Å². The zero-order chi connectivity index (χ0) is 19.3. The molecule has 0 heterocycles. The van der Waals surface area contributed by atoms with E-state index in [1.165, 1.54) is 6.92 Å². The van der Waals surface area contributed by atoms with Gasteiger partial charge < -0.3 is 14.2 Å². The van der Waals surface area contributed by atoms with Crippen LogP contribution in [0.1, 0.15) is 34.5 Å². The summed E-state index contributed by atoms with van der Waals surface area (Å²) < 4.78 is 15.8. The summed E-state index contributed by atoms with van der Waals surface area (Å²) in [5.74, 6) is 0.710. The number of methoxy groups -OCH3 is 2. The van der Waals surface area contributed by atoms with E-state index in [4.69, 9.17) is 14.2 Å². The molecule has 0 aliphatic carbocycles. The van der Waals surface area contributed by atoms with Crippen molar-refractivity contribution < 1.29 is 23.8 Å². The molecule has 2 rings (SSSR count). The Morgan fingerprint density at radius 3 is 2.04 bits per heavy atom. The number of Topliss-reactive ketones (excluding diaryl/α,β-unsaturated/α-hetero) is 1. The maximum Gasteiger partial charge on any atom is 0.303 e. The Bertz CT molecular complexity index is 785.